The molecular formula is C37H18F2N6O2Pt2. The van der Waals surface area contributed by atoms with Gasteiger partial charge in [0.15, 0.2) is 0 Å². The zero-order valence-electron chi connectivity index (χ0n) is 24.8. The van der Waals surface area contributed by atoms with E-state index in [0.717, 1.165) is 12.1 Å². The quantitative estimate of drug-likeness (QED) is 0.149. The van der Waals surface area contributed by atoms with Gasteiger partial charge in [0.05, 0.1) is 0 Å². The van der Waals surface area contributed by atoms with Gasteiger partial charge in [-0.1, -0.05) is 59.6 Å². The van der Waals surface area contributed by atoms with Crippen LogP contribution in [0.3, 0.4) is 0 Å². The van der Waals surface area contributed by atoms with Crippen molar-refractivity contribution in [3.63, 3.8) is 0 Å². The van der Waals surface area contributed by atoms with Crippen molar-refractivity contribution in [2.45, 2.75) is 0 Å². The fourth-order valence-corrected chi connectivity index (χ4v) is 5.21. The van der Waals surface area contributed by atoms with Gasteiger partial charge < -0.3 is 24.0 Å². The minimum atomic E-state index is -0.746. The molecule has 0 amide bonds. The summed E-state index contributed by atoms with van der Waals surface area (Å²) < 4.78 is 45.4. The van der Waals surface area contributed by atoms with E-state index in [9.17, 15) is 0 Å². The number of halogens is 2. The molecule has 12 heteroatoms. The van der Waals surface area contributed by atoms with Crippen LogP contribution in [0, 0.1) is 35.9 Å². The van der Waals surface area contributed by atoms with E-state index in [1.54, 1.807) is 36.7 Å². The van der Waals surface area contributed by atoms with E-state index in [1.807, 2.05) is 48.5 Å². The van der Waals surface area contributed by atoms with Crippen LogP contribution in [0.5, 0.6) is 23.0 Å². The van der Waals surface area contributed by atoms with E-state index in [1.165, 1.54) is 17.2 Å². The molecule has 0 N–H and O–H groups in total. The predicted octanol–water partition coefficient (Wildman–Crippen LogP) is 8.15. The number of rotatable bonds is 7. The summed E-state index contributed by atoms with van der Waals surface area (Å²) in [4.78, 5) is 21.1. The minimum Gasteiger partial charge on any atom is -0.503 e. The number of nitrogens with zero attached hydrogens (tertiary/aromatic N) is 6. The second-order valence-electron chi connectivity index (χ2n) is 10.2. The van der Waals surface area contributed by atoms with Crippen molar-refractivity contribution in [2.75, 3.05) is 0 Å². The minimum absolute atomic E-state index is 0. The molecule has 8 aromatic rings. The Morgan fingerprint density at radius 1 is 0.531 bits per heavy atom. The van der Waals surface area contributed by atoms with Crippen LogP contribution in [0.25, 0.3) is 50.3 Å². The Morgan fingerprint density at radius 3 is 1.47 bits per heavy atom. The molecule has 0 aliphatic rings. The maximum Gasteiger partial charge on any atom is 2.00 e. The molecule has 0 aliphatic carbocycles. The van der Waals surface area contributed by atoms with Gasteiger partial charge in [-0.25, -0.2) is 23.7 Å². The number of hydrogen-bond acceptors (Lipinski definition) is 7. The van der Waals surface area contributed by atoms with Gasteiger partial charge in [0, 0.05) is 47.0 Å². The molecule has 0 bridgehead atoms. The second kappa shape index (κ2) is 14.5. The summed E-state index contributed by atoms with van der Waals surface area (Å²) in [5.74, 6) is -0.726. The first-order chi connectivity index (χ1) is 23.1. The normalized spacial score (nSPS) is 10.7. The molecule has 242 valence electrons. The summed E-state index contributed by atoms with van der Waals surface area (Å²) in [7, 11) is 0. The molecule has 4 heterocycles. The van der Waals surface area contributed by atoms with Gasteiger partial charge in [-0.05, 0) is 23.5 Å². The Kier molecular flexibility index (Phi) is 9.99. The third-order valence-electron chi connectivity index (χ3n) is 7.19. The number of hydrogen-bond donors (Lipinski definition) is 0. The number of aromatic nitrogens is 6. The molecule has 8 nitrogen and oxygen atoms in total. The van der Waals surface area contributed by atoms with Crippen molar-refractivity contribution in [3.05, 3.63) is 146 Å². The molecule has 0 aliphatic heterocycles. The number of ether oxygens (including phenoxy) is 2. The van der Waals surface area contributed by atoms with E-state index in [-0.39, 0.29) is 81.4 Å². The Morgan fingerprint density at radius 2 is 1.02 bits per heavy atom. The topological polar surface area (TPSA) is 87.8 Å². The first-order valence-electron chi connectivity index (χ1n) is 14.3. The molecule has 0 fully saturated rings. The molecule has 49 heavy (non-hydrogen) atoms. The van der Waals surface area contributed by atoms with Crippen LogP contribution in [0.15, 0.2) is 110 Å². The van der Waals surface area contributed by atoms with Gasteiger partial charge in [-0.2, -0.15) is 0 Å². The van der Waals surface area contributed by atoms with Crippen LogP contribution in [0.4, 0.5) is 8.78 Å². The number of fused-ring (bicyclic) bond motifs is 3. The van der Waals surface area contributed by atoms with Gasteiger partial charge in [-0.15, -0.1) is 70.4 Å². The molecule has 0 atom stereocenters. The molecule has 0 saturated carbocycles. The summed E-state index contributed by atoms with van der Waals surface area (Å²) in [6.07, 6.45) is 5.92. The number of benzene rings is 4. The van der Waals surface area contributed by atoms with Crippen molar-refractivity contribution in [3.8, 4) is 51.5 Å². The standard InChI is InChI=1S/C37H18F2N6O2.2Pt/c38-29-17-27(46-25-9-5-7-23(15-25)31-11-1-3-13-41-31)19-33-35(29)36-30(39)18-28(20-34(36)45(33)37-43-21-40-22-44-37)47-26-10-6-8-24(16-26)32-12-2-4-14-42-32;;/h1-14,17-18,21-22H;;/q-4;2*+2. The van der Waals surface area contributed by atoms with E-state index in [0.29, 0.717) is 34.0 Å². The Balaban J connectivity index is 0.00000208. The average molecular weight is 1010 g/mol. The van der Waals surface area contributed by atoms with Gasteiger partial charge in [-0.3, -0.25) is 0 Å². The molecular weight excluding hydrogens is 989 g/mol. The zero-order valence-corrected chi connectivity index (χ0v) is 29.3. The zero-order chi connectivity index (χ0) is 31.7. The molecule has 0 radical (unpaired) electrons. The third-order valence-corrected chi connectivity index (χ3v) is 7.19. The van der Waals surface area contributed by atoms with Crippen molar-refractivity contribution in [1.82, 2.24) is 29.5 Å². The average Bonchev–Trinajstić information content (AvgIpc) is 3.44. The van der Waals surface area contributed by atoms with Crippen molar-refractivity contribution in [1.29, 1.82) is 0 Å². The first-order valence-corrected chi connectivity index (χ1v) is 14.3. The van der Waals surface area contributed by atoms with Gasteiger partial charge >= 0.3 is 42.1 Å². The van der Waals surface area contributed by atoms with Crippen molar-refractivity contribution < 1.29 is 60.4 Å². The molecule has 0 saturated heterocycles. The summed E-state index contributed by atoms with van der Waals surface area (Å²) in [6.45, 7) is 0. The summed E-state index contributed by atoms with van der Waals surface area (Å²) in [5.41, 5.74) is 3.02. The predicted molar refractivity (Wildman–Crippen MR) is 169 cm³/mol. The van der Waals surface area contributed by atoms with Crippen LogP contribution < -0.4 is 9.47 Å². The molecule has 4 aromatic heterocycles. The summed E-state index contributed by atoms with van der Waals surface area (Å²) >= 11 is 0. The van der Waals surface area contributed by atoms with Crippen LogP contribution in [-0.2, 0) is 42.1 Å². The summed E-state index contributed by atoms with van der Waals surface area (Å²) in [6, 6.07) is 36.4. The maximum atomic E-state index is 16.0. The first kappa shape index (κ1) is 33.7. The molecule has 4 aromatic carbocycles. The van der Waals surface area contributed by atoms with Crippen molar-refractivity contribution in [2.24, 2.45) is 0 Å². The van der Waals surface area contributed by atoms with Gasteiger partial charge in [0.2, 0.25) is 5.95 Å². The van der Waals surface area contributed by atoms with Crippen LogP contribution in [-0.4, -0.2) is 29.5 Å². The fourth-order valence-electron chi connectivity index (χ4n) is 5.21. The Labute approximate surface area is 307 Å². The van der Waals surface area contributed by atoms with E-state index in [2.05, 4.69) is 49.2 Å². The third kappa shape index (κ3) is 6.75. The molecule has 0 unspecified atom stereocenters. The largest absolute Gasteiger partial charge is 2.00 e. The molecule has 0 spiro atoms. The van der Waals surface area contributed by atoms with Crippen LogP contribution in [0.1, 0.15) is 0 Å². The van der Waals surface area contributed by atoms with Gasteiger partial charge in [0.1, 0.15) is 12.7 Å². The van der Waals surface area contributed by atoms with E-state index < -0.39 is 11.6 Å². The van der Waals surface area contributed by atoms with Gasteiger partial charge in [0.25, 0.3) is 0 Å². The SMILES string of the molecule is Fc1cc(Oc2[c-]c(-c3ccccn3)ccc2)[c-]c2c1c1c(F)cc(Oc3[c-]c(-c4ccccn4)ccc3)[c-]c1n2-c1ncncn1.[Pt+2].[Pt+2]. The molecule has 8 rings (SSSR count). The van der Waals surface area contributed by atoms with E-state index in [4.69, 9.17) is 9.47 Å². The van der Waals surface area contributed by atoms with Crippen LogP contribution >= 0.6 is 0 Å². The second-order valence-corrected chi connectivity index (χ2v) is 10.2. The monoisotopic (exact) mass is 1010 g/mol. The Hall–Kier alpha value is -5.17. The number of pyridine rings is 2. The maximum absolute atomic E-state index is 16.0. The van der Waals surface area contributed by atoms with Crippen molar-refractivity contribution >= 4 is 21.8 Å². The Bertz CT molecular complexity index is 2250. The fraction of sp³-hybridized carbons (Fsp3) is 0. The smallest absolute Gasteiger partial charge is 0.503 e. The van der Waals surface area contributed by atoms with Crippen LogP contribution in [0.2, 0.25) is 0 Å². The van der Waals surface area contributed by atoms with E-state index >= 15 is 8.78 Å². The summed E-state index contributed by atoms with van der Waals surface area (Å²) in [5, 5.41) is -0.106.